The molecule has 0 radical (unpaired) electrons. The van der Waals surface area contributed by atoms with Crippen LogP contribution in [-0.2, 0) is 22.7 Å². The molecule has 0 bridgehead atoms. The number of nitrogens with two attached hydrogens (primary N) is 1. The fourth-order valence-electron chi connectivity index (χ4n) is 4.28. The molecule has 4 rings (SSSR count). The standard InChI is InChI=1S/C20H24N2O.C6H12N2O.CH4/c1-21-16-19(12-13-20(21)23)22(14-17-8-4-2-5-9-17)15-18-10-6-3-7-11-18;1-8-4-5(7)2-3-6(8)9;/h2-11,19H,12-16H2,1H3;5H,2-4,7H2,1H3;1H4/t19-;5-;/m00./s1. The van der Waals surface area contributed by atoms with Gasteiger partial charge in [0.15, 0.2) is 0 Å². The van der Waals surface area contributed by atoms with Crippen LogP contribution < -0.4 is 5.73 Å². The molecule has 2 saturated heterocycles. The molecule has 2 aliphatic rings. The molecule has 2 heterocycles. The fourth-order valence-corrected chi connectivity index (χ4v) is 4.28. The summed E-state index contributed by atoms with van der Waals surface area (Å²) in [6.45, 7) is 3.38. The quantitative estimate of drug-likeness (QED) is 0.754. The second kappa shape index (κ2) is 13.1. The number of likely N-dealkylation sites (N-methyl/N-ethyl adjacent to an activating group) is 2. The molecule has 2 fully saturated rings. The van der Waals surface area contributed by atoms with E-state index >= 15 is 0 Å². The third kappa shape index (κ3) is 8.30. The third-order valence-electron chi connectivity index (χ3n) is 6.24. The van der Waals surface area contributed by atoms with Gasteiger partial charge in [0.2, 0.25) is 11.8 Å². The summed E-state index contributed by atoms with van der Waals surface area (Å²) >= 11 is 0. The Morgan fingerprint density at radius 3 is 1.67 bits per heavy atom. The Hall–Kier alpha value is -2.70. The molecule has 33 heavy (non-hydrogen) atoms. The normalized spacial score (nSPS) is 20.7. The van der Waals surface area contributed by atoms with E-state index in [2.05, 4.69) is 65.6 Å². The van der Waals surface area contributed by atoms with Crippen molar-refractivity contribution in [3.63, 3.8) is 0 Å². The Balaban J connectivity index is 0.000000326. The number of rotatable bonds is 5. The number of benzene rings is 2. The smallest absolute Gasteiger partial charge is 0.222 e. The first kappa shape index (κ1) is 26.6. The minimum Gasteiger partial charge on any atom is -0.344 e. The Morgan fingerprint density at radius 2 is 1.24 bits per heavy atom. The molecule has 0 saturated carbocycles. The van der Waals surface area contributed by atoms with Crippen molar-refractivity contribution < 1.29 is 9.59 Å². The van der Waals surface area contributed by atoms with Gasteiger partial charge < -0.3 is 15.5 Å². The van der Waals surface area contributed by atoms with E-state index in [0.717, 1.165) is 39.0 Å². The van der Waals surface area contributed by atoms with E-state index in [0.29, 0.717) is 18.9 Å². The summed E-state index contributed by atoms with van der Waals surface area (Å²) in [6.07, 6.45) is 3.07. The summed E-state index contributed by atoms with van der Waals surface area (Å²) in [4.78, 5) is 28.7. The maximum absolute atomic E-state index is 11.8. The molecule has 0 spiro atoms. The monoisotopic (exact) mass is 452 g/mol. The number of likely N-dealkylation sites (tertiary alicyclic amines) is 2. The van der Waals surface area contributed by atoms with Gasteiger partial charge in [-0.1, -0.05) is 68.1 Å². The average Bonchev–Trinajstić information content (AvgIpc) is 2.80. The SMILES string of the molecule is C.CN1C[C@@H](N(Cc2ccccc2)Cc2ccccc2)CCC1=O.CN1C[C@@H](N)CCC1=O. The Labute approximate surface area is 199 Å². The van der Waals surface area contributed by atoms with Crippen LogP contribution in [0, 0.1) is 0 Å². The van der Waals surface area contributed by atoms with E-state index in [-0.39, 0.29) is 25.3 Å². The summed E-state index contributed by atoms with van der Waals surface area (Å²) < 4.78 is 0. The predicted octanol–water partition coefficient (Wildman–Crippen LogP) is 3.51. The average molecular weight is 453 g/mol. The van der Waals surface area contributed by atoms with Crippen molar-refractivity contribution in [3.05, 3.63) is 71.8 Å². The minimum atomic E-state index is 0. The number of nitrogens with zero attached hydrogens (tertiary/aromatic N) is 3. The van der Waals surface area contributed by atoms with Gasteiger partial charge in [0.25, 0.3) is 0 Å². The maximum Gasteiger partial charge on any atom is 0.222 e. The number of hydrogen-bond donors (Lipinski definition) is 1. The van der Waals surface area contributed by atoms with Crippen molar-refractivity contribution in [2.24, 2.45) is 5.73 Å². The zero-order valence-corrected chi connectivity index (χ0v) is 19.3. The molecule has 0 aromatic heterocycles. The summed E-state index contributed by atoms with van der Waals surface area (Å²) in [5.41, 5.74) is 8.24. The molecule has 0 aliphatic carbocycles. The largest absolute Gasteiger partial charge is 0.344 e. The molecule has 2 amide bonds. The highest BCUT2D eigenvalue weighted by molar-refractivity contribution is 5.77. The van der Waals surface area contributed by atoms with E-state index in [1.165, 1.54) is 11.1 Å². The topological polar surface area (TPSA) is 69.9 Å². The molecule has 2 aromatic carbocycles. The van der Waals surface area contributed by atoms with Crippen LogP contribution in [0.1, 0.15) is 44.2 Å². The molecule has 6 heteroatoms. The van der Waals surface area contributed by atoms with Crippen LogP contribution in [0.25, 0.3) is 0 Å². The molecule has 2 atom stereocenters. The second-order valence-corrected chi connectivity index (χ2v) is 8.92. The molecule has 2 N–H and O–H groups in total. The van der Waals surface area contributed by atoms with E-state index in [9.17, 15) is 9.59 Å². The van der Waals surface area contributed by atoms with Crippen LogP contribution in [0.3, 0.4) is 0 Å². The fraction of sp³-hybridized carbons (Fsp3) is 0.481. The van der Waals surface area contributed by atoms with Gasteiger partial charge in [-0.3, -0.25) is 14.5 Å². The number of amides is 2. The number of carbonyl (C=O) groups excluding carboxylic acids is 2. The molecule has 2 aromatic rings. The van der Waals surface area contributed by atoms with E-state index < -0.39 is 0 Å². The Bertz CT molecular complexity index is 817. The van der Waals surface area contributed by atoms with Crippen LogP contribution >= 0.6 is 0 Å². The summed E-state index contributed by atoms with van der Waals surface area (Å²) in [5, 5.41) is 0. The zero-order valence-electron chi connectivity index (χ0n) is 19.3. The lowest BCUT2D eigenvalue weighted by Crippen LogP contribution is -2.48. The van der Waals surface area contributed by atoms with Gasteiger partial charge in [0.1, 0.15) is 0 Å². The number of hydrogen-bond acceptors (Lipinski definition) is 4. The van der Waals surface area contributed by atoms with Crippen LogP contribution in [0.4, 0.5) is 0 Å². The van der Waals surface area contributed by atoms with Gasteiger partial charge in [0, 0.05) is 65.2 Å². The van der Waals surface area contributed by atoms with Crippen molar-refractivity contribution >= 4 is 11.8 Å². The van der Waals surface area contributed by atoms with Crippen molar-refractivity contribution in [1.82, 2.24) is 14.7 Å². The Morgan fingerprint density at radius 1 is 0.788 bits per heavy atom. The highest BCUT2D eigenvalue weighted by Gasteiger charge is 2.27. The summed E-state index contributed by atoms with van der Waals surface area (Å²) in [7, 11) is 3.71. The van der Waals surface area contributed by atoms with Gasteiger partial charge in [-0.05, 0) is 24.0 Å². The first-order valence-electron chi connectivity index (χ1n) is 11.5. The van der Waals surface area contributed by atoms with Crippen LogP contribution in [0.2, 0.25) is 0 Å². The van der Waals surface area contributed by atoms with Crippen molar-refractivity contribution in [1.29, 1.82) is 0 Å². The molecule has 2 aliphatic heterocycles. The van der Waals surface area contributed by atoms with Crippen molar-refractivity contribution in [2.45, 2.75) is 58.3 Å². The highest BCUT2D eigenvalue weighted by Crippen LogP contribution is 2.21. The van der Waals surface area contributed by atoms with Crippen molar-refractivity contribution in [3.8, 4) is 0 Å². The maximum atomic E-state index is 11.8. The second-order valence-electron chi connectivity index (χ2n) is 8.92. The number of piperidine rings is 2. The van der Waals surface area contributed by atoms with Crippen molar-refractivity contribution in [2.75, 3.05) is 27.2 Å². The predicted molar refractivity (Wildman–Crippen MR) is 134 cm³/mol. The molecule has 6 nitrogen and oxygen atoms in total. The van der Waals surface area contributed by atoms with Crippen LogP contribution in [0.15, 0.2) is 60.7 Å². The molecule has 180 valence electrons. The summed E-state index contributed by atoms with van der Waals surface area (Å²) in [5.74, 6) is 0.484. The minimum absolute atomic E-state index is 0. The lowest BCUT2D eigenvalue weighted by molar-refractivity contribution is -0.134. The first-order valence-corrected chi connectivity index (χ1v) is 11.5. The van der Waals surface area contributed by atoms with Crippen LogP contribution in [-0.4, -0.2) is 65.8 Å². The van der Waals surface area contributed by atoms with Gasteiger partial charge in [-0.25, -0.2) is 0 Å². The van der Waals surface area contributed by atoms with E-state index in [1.54, 1.807) is 11.9 Å². The van der Waals surface area contributed by atoms with E-state index in [4.69, 9.17) is 5.73 Å². The van der Waals surface area contributed by atoms with Gasteiger partial charge in [-0.2, -0.15) is 0 Å². The van der Waals surface area contributed by atoms with Crippen LogP contribution in [0.5, 0.6) is 0 Å². The van der Waals surface area contributed by atoms with Gasteiger partial charge in [0.05, 0.1) is 0 Å². The Kier molecular flexibility index (Phi) is 10.6. The number of carbonyl (C=O) groups is 2. The third-order valence-corrected chi connectivity index (χ3v) is 6.24. The lowest BCUT2D eigenvalue weighted by Gasteiger charge is -2.38. The molecule has 0 unspecified atom stereocenters. The molecular weight excluding hydrogens is 412 g/mol. The van der Waals surface area contributed by atoms with Gasteiger partial charge >= 0.3 is 0 Å². The highest BCUT2D eigenvalue weighted by atomic mass is 16.2. The summed E-state index contributed by atoms with van der Waals surface area (Å²) in [6, 6.07) is 21.8. The lowest BCUT2D eigenvalue weighted by atomic mass is 10.0. The van der Waals surface area contributed by atoms with E-state index in [1.807, 2.05) is 11.9 Å². The van der Waals surface area contributed by atoms with Gasteiger partial charge in [-0.15, -0.1) is 0 Å². The zero-order chi connectivity index (χ0) is 22.9. The molecular formula is C27H40N4O2. The first-order chi connectivity index (χ1) is 15.4.